The van der Waals surface area contributed by atoms with E-state index in [1.165, 1.54) is 27.7 Å². The molecule has 3 heterocycles. The summed E-state index contributed by atoms with van der Waals surface area (Å²) in [6, 6.07) is 1.50. The summed E-state index contributed by atoms with van der Waals surface area (Å²) in [5.41, 5.74) is -1.66. The standard InChI is InChI=1S/C14H14F2N2O4S/c15-13(16)14(22)2-1-3-18(6-14)11(19)8-4-9-10(17-8)7(5-23-9)12(20)21/h4-5,13,17,22H,1-3,6H2,(H,20,21). The number of thiophene rings is 1. The quantitative estimate of drug-likeness (QED) is 0.795. The molecule has 124 valence electrons. The number of nitrogens with zero attached hydrogens (tertiary/aromatic N) is 1. The van der Waals surface area contributed by atoms with Crippen molar-refractivity contribution in [1.29, 1.82) is 0 Å². The molecule has 1 fully saturated rings. The van der Waals surface area contributed by atoms with E-state index in [0.717, 1.165) is 0 Å². The Hall–Kier alpha value is -2.00. The molecular formula is C14H14F2N2O4S. The van der Waals surface area contributed by atoms with Crippen molar-refractivity contribution in [1.82, 2.24) is 9.88 Å². The monoisotopic (exact) mass is 344 g/mol. The number of piperidine rings is 1. The number of aromatic nitrogens is 1. The second-order valence-electron chi connectivity index (χ2n) is 5.61. The van der Waals surface area contributed by atoms with Gasteiger partial charge in [-0.1, -0.05) is 0 Å². The topological polar surface area (TPSA) is 93.6 Å². The maximum absolute atomic E-state index is 12.9. The van der Waals surface area contributed by atoms with Gasteiger partial charge in [0.1, 0.15) is 11.3 Å². The van der Waals surface area contributed by atoms with Crippen LogP contribution in [0.25, 0.3) is 10.2 Å². The summed E-state index contributed by atoms with van der Waals surface area (Å²) in [5, 5.41) is 20.4. The van der Waals surface area contributed by atoms with Crippen LogP contribution in [0.3, 0.4) is 0 Å². The number of carboxylic acids is 1. The van der Waals surface area contributed by atoms with Crippen LogP contribution in [0.4, 0.5) is 8.78 Å². The van der Waals surface area contributed by atoms with Crippen molar-refractivity contribution in [3.05, 3.63) is 22.7 Å². The number of carbonyl (C=O) groups is 2. The van der Waals surface area contributed by atoms with Gasteiger partial charge < -0.3 is 20.1 Å². The van der Waals surface area contributed by atoms with Crippen LogP contribution in [-0.2, 0) is 0 Å². The van der Waals surface area contributed by atoms with Gasteiger partial charge in [-0.05, 0) is 18.9 Å². The molecule has 0 radical (unpaired) electrons. The third kappa shape index (κ3) is 2.70. The highest BCUT2D eigenvalue weighted by Gasteiger charge is 2.43. The molecule has 3 rings (SSSR count). The summed E-state index contributed by atoms with van der Waals surface area (Å²) < 4.78 is 26.5. The zero-order valence-electron chi connectivity index (χ0n) is 11.9. The number of nitrogens with one attached hydrogen (secondary N) is 1. The maximum atomic E-state index is 12.9. The molecule has 0 spiro atoms. The lowest BCUT2D eigenvalue weighted by atomic mass is 9.93. The van der Waals surface area contributed by atoms with Gasteiger partial charge in [0.25, 0.3) is 12.3 Å². The van der Waals surface area contributed by atoms with Gasteiger partial charge in [0.05, 0.1) is 22.3 Å². The zero-order valence-corrected chi connectivity index (χ0v) is 12.7. The third-order valence-corrected chi connectivity index (χ3v) is 4.94. The van der Waals surface area contributed by atoms with Crippen molar-refractivity contribution in [2.75, 3.05) is 13.1 Å². The molecule has 0 aromatic carbocycles. The minimum Gasteiger partial charge on any atom is -0.478 e. The van der Waals surface area contributed by atoms with E-state index in [1.54, 1.807) is 0 Å². The molecule has 0 saturated carbocycles. The Kier molecular flexibility index (Phi) is 3.85. The minimum atomic E-state index is -2.93. The predicted molar refractivity (Wildman–Crippen MR) is 79.2 cm³/mol. The van der Waals surface area contributed by atoms with Crippen molar-refractivity contribution in [3.8, 4) is 0 Å². The fourth-order valence-electron chi connectivity index (χ4n) is 2.77. The average Bonchev–Trinajstić information content (AvgIpc) is 3.05. The number of likely N-dealkylation sites (tertiary alicyclic amines) is 1. The molecule has 2 aromatic heterocycles. The number of amides is 1. The van der Waals surface area contributed by atoms with Crippen LogP contribution in [-0.4, -0.2) is 57.1 Å². The molecule has 0 bridgehead atoms. The van der Waals surface area contributed by atoms with Crippen LogP contribution in [0.5, 0.6) is 0 Å². The first kappa shape index (κ1) is 15.9. The normalized spacial score (nSPS) is 22.0. The molecule has 1 saturated heterocycles. The van der Waals surface area contributed by atoms with Gasteiger partial charge in [0, 0.05) is 11.9 Å². The lowest BCUT2D eigenvalue weighted by Gasteiger charge is -2.38. The second-order valence-corrected chi connectivity index (χ2v) is 6.52. The molecule has 1 amide bonds. The number of carboxylic acid groups (broad SMARTS) is 1. The SMILES string of the molecule is O=C(O)c1csc2cc(C(=O)N3CCCC(O)(C(F)F)C3)[nH]c12. The summed E-state index contributed by atoms with van der Waals surface area (Å²) in [6.45, 7) is -0.172. The molecule has 0 aliphatic carbocycles. The van der Waals surface area contributed by atoms with Crippen LogP contribution in [0.2, 0.25) is 0 Å². The fourth-order valence-corrected chi connectivity index (χ4v) is 3.70. The maximum Gasteiger partial charge on any atom is 0.338 e. The number of halogens is 2. The van der Waals surface area contributed by atoms with Gasteiger partial charge in [-0.3, -0.25) is 4.79 Å². The summed E-state index contributed by atoms with van der Waals surface area (Å²) in [4.78, 5) is 27.5. The Morgan fingerprint density at radius 3 is 2.83 bits per heavy atom. The highest BCUT2D eigenvalue weighted by Crippen LogP contribution is 2.30. The number of hydrogen-bond donors (Lipinski definition) is 3. The molecule has 3 N–H and O–H groups in total. The van der Waals surface area contributed by atoms with Gasteiger partial charge in [-0.15, -0.1) is 11.3 Å². The number of alkyl halides is 2. The van der Waals surface area contributed by atoms with Gasteiger partial charge in [-0.2, -0.15) is 0 Å². The van der Waals surface area contributed by atoms with E-state index < -0.39 is 30.4 Å². The fraction of sp³-hybridized carbons (Fsp3) is 0.429. The Morgan fingerprint density at radius 2 is 2.17 bits per heavy atom. The number of aliphatic hydroxyl groups is 1. The molecule has 6 nitrogen and oxygen atoms in total. The van der Waals surface area contributed by atoms with Crippen molar-refractivity contribution in [2.45, 2.75) is 24.9 Å². The number of H-pyrrole nitrogens is 1. The summed E-state index contributed by atoms with van der Waals surface area (Å²) in [5.74, 6) is -1.63. The predicted octanol–water partition coefficient (Wildman–Crippen LogP) is 2.16. The van der Waals surface area contributed by atoms with Crippen molar-refractivity contribution < 1.29 is 28.6 Å². The number of carbonyl (C=O) groups excluding carboxylic acids is 1. The van der Waals surface area contributed by atoms with Crippen LogP contribution in [0, 0.1) is 0 Å². The number of aromatic amines is 1. The van der Waals surface area contributed by atoms with Gasteiger partial charge in [0.2, 0.25) is 0 Å². The summed E-state index contributed by atoms with van der Waals surface area (Å²) >= 11 is 1.18. The Balaban J connectivity index is 1.87. The highest BCUT2D eigenvalue weighted by molar-refractivity contribution is 7.17. The first-order valence-electron chi connectivity index (χ1n) is 6.95. The first-order chi connectivity index (χ1) is 10.8. The van der Waals surface area contributed by atoms with Crippen LogP contribution >= 0.6 is 11.3 Å². The number of aromatic carboxylic acids is 1. The van der Waals surface area contributed by atoms with E-state index in [4.69, 9.17) is 5.11 Å². The molecule has 1 aliphatic rings. The zero-order chi connectivity index (χ0) is 16.8. The van der Waals surface area contributed by atoms with Crippen LogP contribution in [0.15, 0.2) is 11.4 Å². The Bertz CT molecular complexity index is 772. The summed E-state index contributed by atoms with van der Waals surface area (Å²) in [7, 11) is 0. The molecule has 1 unspecified atom stereocenters. The largest absolute Gasteiger partial charge is 0.478 e. The molecule has 9 heteroatoms. The Labute approximate surface area is 133 Å². The molecule has 1 aliphatic heterocycles. The number of β-amino-alcohol motifs (C(OH)–C–C–N with tert-alkyl or cyclic N) is 1. The van der Waals surface area contributed by atoms with Gasteiger partial charge in [-0.25, -0.2) is 13.6 Å². The number of fused-ring (bicyclic) bond motifs is 1. The van der Waals surface area contributed by atoms with E-state index in [0.29, 0.717) is 10.2 Å². The molecule has 2 aromatic rings. The Morgan fingerprint density at radius 1 is 1.43 bits per heavy atom. The molecular weight excluding hydrogens is 330 g/mol. The lowest BCUT2D eigenvalue weighted by molar-refractivity contribution is -0.125. The summed E-state index contributed by atoms with van der Waals surface area (Å²) in [6.07, 6.45) is -2.71. The molecule has 1 atom stereocenters. The number of hydrogen-bond acceptors (Lipinski definition) is 4. The van der Waals surface area contributed by atoms with E-state index in [-0.39, 0.29) is 30.6 Å². The van der Waals surface area contributed by atoms with Gasteiger partial charge in [0.15, 0.2) is 0 Å². The van der Waals surface area contributed by atoms with E-state index in [1.807, 2.05) is 0 Å². The molecule has 23 heavy (non-hydrogen) atoms. The lowest BCUT2D eigenvalue weighted by Crippen LogP contribution is -2.54. The minimum absolute atomic E-state index is 0.0581. The number of rotatable bonds is 3. The average molecular weight is 344 g/mol. The van der Waals surface area contributed by atoms with E-state index in [9.17, 15) is 23.5 Å². The highest BCUT2D eigenvalue weighted by atomic mass is 32.1. The van der Waals surface area contributed by atoms with E-state index in [2.05, 4.69) is 4.98 Å². The van der Waals surface area contributed by atoms with Gasteiger partial charge >= 0.3 is 5.97 Å². The van der Waals surface area contributed by atoms with Crippen LogP contribution in [0.1, 0.15) is 33.7 Å². The van der Waals surface area contributed by atoms with Crippen molar-refractivity contribution in [2.24, 2.45) is 0 Å². The smallest absolute Gasteiger partial charge is 0.338 e. The van der Waals surface area contributed by atoms with Crippen molar-refractivity contribution >= 4 is 33.4 Å². The van der Waals surface area contributed by atoms with Crippen LogP contribution < -0.4 is 0 Å². The first-order valence-corrected chi connectivity index (χ1v) is 7.83. The van der Waals surface area contributed by atoms with Crippen molar-refractivity contribution in [3.63, 3.8) is 0 Å². The second kappa shape index (κ2) is 5.57. The third-order valence-electron chi connectivity index (χ3n) is 4.01. The van der Waals surface area contributed by atoms with E-state index >= 15 is 0 Å².